The lowest BCUT2D eigenvalue weighted by Gasteiger charge is -2.30. The number of unbranched alkanes of at least 4 members (excludes halogenated alkanes) is 13. The first-order valence-electron chi connectivity index (χ1n) is 15.5. The lowest BCUT2D eigenvalue weighted by Crippen LogP contribution is -2.35. The highest BCUT2D eigenvalue weighted by Crippen LogP contribution is 2.25. The van der Waals surface area contributed by atoms with Gasteiger partial charge in [-0.05, 0) is 50.2 Å². The Hall–Kier alpha value is -1.94. The van der Waals surface area contributed by atoms with E-state index in [9.17, 15) is 4.46 Å². The van der Waals surface area contributed by atoms with Crippen molar-refractivity contribution < 1.29 is 13.3 Å². The first-order chi connectivity index (χ1) is 18.6. The summed E-state index contributed by atoms with van der Waals surface area (Å²) in [5.41, 5.74) is 2.09. The van der Waals surface area contributed by atoms with Crippen molar-refractivity contribution in [3.63, 3.8) is 0 Å². The minimum absolute atomic E-state index is 0.475. The van der Waals surface area contributed by atoms with E-state index in [1.54, 1.807) is 0 Å². The molecule has 0 radical (unpaired) electrons. The molecule has 2 aromatic carbocycles. The molecule has 0 spiro atoms. The van der Waals surface area contributed by atoms with Crippen LogP contribution in [-0.2, 0) is 26.2 Å². The lowest BCUT2D eigenvalue weighted by molar-refractivity contribution is 0.0247. The van der Waals surface area contributed by atoms with Crippen molar-refractivity contribution in [3.05, 3.63) is 71.8 Å². The molecular weight excluding hydrogens is 484 g/mol. The maximum absolute atomic E-state index is 12.8. The highest BCUT2D eigenvalue weighted by molar-refractivity contribution is 6.26. The second kappa shape index (κ2) is 20.9. The number of benzene rings is 2. The average molecular weight is 539 g/mol. The first kappa shape index (κ1) is 32.3. The van der Waals surface area contributed by atoms with Crippen LogP contribution in [0, 0.1) is 0 Å². The van der Waals surface area contributed by atoms with E-state index in [4.69, 9.17) is 8.85 Å². The summed E-state index contributed by atoms with van der Waals surface area (Å²) in [4.78, 5) is 0. The fourth-order valence-corrected chi connectivity index (χ4v) is 5.99. The monoisotopic (exact) mass is 538 g/mol. The second-order valence-electron chi connectivity index (χ2n) is 11.2. The van der Waals surface area contributed by atoms with Crippen molar-refractivity contribution in [1.29, 1.82) is 0 Å². The van der Waals surface area contributed by atoms with Gasteiger partial charge < -0.3 is 8.85 Å². The van der Waals surface area contributed by atoms with Gasteiger partial charge in [-0.3, -0.25) is 4.46 Å². The van der Waals surface area contributed by atoms with Gasteiger partial charge in [0.25, 0.3) is 0 Å². The van der Waals surface area contributed by atoms with E-state index in [1.807, 2.05) is 12.1 Å². The summed E-state index contributed by atoms with van der Waals surface area (Å²) in [6.07, 6.45) is 22.0. The van der Waals surface area contributed by atoms with Crippen molar-refractivity contribution >= 4 is 9.17 Å². The molecule has 0 heterocycles. The van der Waals surface area contributed by atoms with Crippen LogP contribution in [0.25, 0.3) is 0 Å². The Kier molecular flexibility index (Phi) is 17.8. The summed E-state index contributed by atoms with van der Waals surface area (Å²) < 4.78 is 24.6. The summed E-state index contributed by atoms with van der Waals surface area (Å²) in [5, 5.41) is 0. The van der Waals surface area contributed by atoms with Crippen LogP contribution in [0.4, 0.5) is 0 Å². The maximum Gasteiger partial charge on any atom is 0.767 e. The summed E-state index contributed by atoms with van der Waals surface area (Å²) in [7, 11) is -2.52. The van der Waals surface area contributed by atoms with Crippen molar-refractivity contribution in [2.24, 2.45) is 0 Å². The highest BCUT2D eigenvalue weighted by atomic mass is 28.3. The number of aryl methyl sites for hydroxylation is 2. The van der Waals surface area contributed by atoms with Crippen molar-refractivity contribution in [3.8, 4) is 0 Å². The molecule has 0 aliphatic carbocycles. The third kappa shape index (κ3) is 16.1. The van der Waals surface area contributed by atoms with Crippen LogP contribution in [0.2, 0.25) is 0 Å². The van der Waals surface area contributed by atoms with Crippen LogP contribution in [0.15, 0.2) is 60.7 Å². The smallest absolute Gasteiger partial charge is 0.496 e. The van der Waals surface area contributed by atoms with Crippen LogP contribution in [0.3, 0.4) is 0 Å². The van der Waals surface area contributed by atoms with Crippen molar-refractivity contribution in [2.75, 3.05) is 6.61 Å². The molecule has 0 fully saturated rings. The predicted octanol–water partition coefficient (Wildman–Crippen LogP) is 9.94. The molecule has 0 saturated heterocycles. The molecule has 0 aliphatic rings. The SMILES string of the molecule is CCCCCCCCCCCCCCCCO[Si](=O)OC(C)(CCc1ccccc1)CCc1ccccc1. The Balaban J connectivity index is 1.57. The normalized spacial score (nSPS) is 11.4. The van der Waals surface area contributed by atoms with Crippen LogP contribution in [0.1, 0.15) is 128 Å². The van der Waals surface area contributed by atoms with Crippen LogP contribution >= 0.6 is 0 Å². The predicted molar refractivity (Wildman–Crippen MR) is 162 cm³/mol. The van der Waals surface area contributed by atoms with Gasteiger partial charge in [-0.1, -0.05) is 151 Å². The molecule has 4 heteroatoms. The Bertz CT molecular complexity index is 781. The number of rotatable bonds is 24. The van der Waals surface area contributed by atoms with E-state index in [2.05, 4.69) is 62.4 Å². The zero-order valence-electron chi connectivity index (χ0n) is 24.4. The van der Waals surface area contributed by atoms with Gasteiger partial charge in [0.05, 0.1) is 12.2 Å². The Morgan fingerprint density at radius 2 is 1.00 bits per heavy atom. The largest absolute Gasteiger partial charge is 0.767 e. The molecule has 38 heavy (non-hydrogen) atoms. The van der Waals surface area contributed by atoms with Gasteiger partial charge in [0.2, 0.25) is 0 Å². The topological polar surface area (TPSA) is 35.5 Å². The third-order valence-corrected chi connectivity index (χ3v) is 8.72. The van der Waals surface area contributed by atoms with Gasteiger partial charge in [0.1, 0.15) is 0 Å². The van der Waals surface area contributed by atoms with Gasteiger partial charge in [0, 0.05) is 0 Å². The Labute approximate surface area is 235 Å². The van der Waals surface area contributed by atoms with Gasteiger partial charge in [-0.25, -0.2) is 0 Å². The van der Waals surface area contributed by atoms with E-state index in [0.717, 1.165) is 38.5 Å². The van der Waals surface area contributed by atoms with E-state index < -0.39 is 14.8 Å². The van der Waals surface area contributed by atoms with Crippen LogP contribution in [0.5, 0.6) is 0 Å². The quantitative estimate of drug-likeness (QED) is 0.0985. The van der Waals surface area contributed by atoms with E-state index in [1.165, 1.54) is 88.2 Å². The molecule has 0 amide bonds. The molecule has 0 unspecified atom stereocenters. The summed E-state index contributed by atoms with van der Waals surface area (Å²) in [5.74, 6) is 0. The van der Waals surface area contributed by atoms with Crippen LogP contribution in [-0.4, -0.2) is 21.4 Å². The standard InChI is InChI=1S/C34H54O3Si/c1-3-4-5-6-7-8-9-10-11-12-13-14-15-22-31-36-38(35)37-34(2,29-27-32-23-18-16-19-24-32)30-28-33-25-20-17-21-26-33/h16-21,23-26H,3-15,22,27-31H2,1-2H3. The van der Waals surface area contributed by atoms with E-state index in [-0.39, 0.29) is 0 Å². The summed E-state index contributed by atoms with van der Waals surface area (Å²) >= 11 is 0. The number of hydrogen-bond acceptors (Lipinski definition) is 3. The summed E-state index contributed by atoms with van der Waals surface area (Å²) in [6.45, 7) is 4.91. The third-order valence-electron chi connectivity index (χ3n) is 7.62. The first-order valence-corrected chi connectivity index (χ1v) is 16.8. The molecule has 0 aromatic heterocycles. The van der Waals surface area contributed by atoms with E-state index >= 15 is 0 Å². The zero-order chi connectivity index (χ0) is 27.2. The minimum atomic E-state index is -2.52. The highest BCUT2D eigenvalue weighted by Gasteiger charge is 2.30. The zero-order valence-corrected chi connectivity index (χ0v) is 25.4. The molecular formula is C34H54O3Si. The molecule has 0 saturated carbocycles. The second-order valence-corrected chi connectivity index (χ2v) is 12.2. The van der Waals surface area contributed by atoms with Gasteiger partial charge in [0.15, 0.2) is 0 Å². The summed E-state index contributed by atoms with van der Waals surface area (Å²) in [6, 6.07) is 20.9. The average Bonchev–Trinajstić information content (AvgIpc) is 2.94. The minimum Gasteiger partial charge on any atom is -0.496 e. The fraction of sp³-hybridized carbons (Fsp3) is 0.647. The van der Waals surface area contributed by atoms with Gasteiger partial charge in [-0.2, -0.15) is 0 Å². The molecule has 2 aromatic rings. The molecule has 3 nitrogen and oxygen atoms in total. The van der Waals surface area contributed by atoms with Crippen LogP contribution < -0.4 is 0 Å². The Morgan fingerprint density at radius 3 is 1.42 bits per heavy atom. The van der Waals surface area contributed by atoms with Gasteiger partial charge >= 0.3 is 9.17 Å². The fourth-order valence-electron chi connectivity index (χ4n) is 5.02. The molecule has 2 rings (SSSR count). The van der Waals surface area contributed by atoms with Crippen molar-refractivity contribution in [1.82, 2.24) is 0 Å². The van der Waals surface area contributed by atoms with Crippen molar-refractivity contribution in [2.45, 2.75) is 135 Å². The molecule has 0 N–H and O–H groups in total. The molecule has 0 atom stereocenters. The number of hydrogen-bond donors (Lipinski definition) is 0. The van der Waals surface area contributed by atoms with E-state index in [0.29, 0.717) is 6.61 Å². The maximum atomic E-state index is 12.8. The molecule has 0 aliphatic heterocycles. The van der Waals surface area contributed by atoms with Gasteiger partial charge in [-0.15, -0.1) is 0 Å². The molecule has 212 valence electrons. The molecule has 0 bridgehead atoms. The lowest BCUT2D eigenvalue weighted by atomic mass is 9.90. The Morgan fingerprint density at radius 1 is 0.605 bits per heavy atom.